The van der Waals surface area contributed by atoms with Gasteiger partial charge in [0.1, 0.15) is 0 Å². The summed E-state index contributed by atoms with van der Waals surface area (Å²) in [5, 5.41) is 10.3. The lowest BCUT2D eigenvalue weighted by molar-refractivity contribution is -0.128. The van der Waals surface area contributed by atoms with Crippen molar-refractivity contribution in [2.24, 2.45) is 10.4 Å². The smallest absolute Gasteiger partial charge is 0.227 e. The highest BCUT2D eigenvalue weighted by molar-refractivity contribution is 7.11. The third-order valence-corrected chi connectivity index (χ3v) is 4.66. The zero-order valence-electron chi connectivity index (χ0n) is 15.0. The summed E-state index contributed by atoms with van der Waals surface area (Å²) in [4.78, 5) is 22.1. The first-order chi connectivity index (χ1) is 10.8. The van der Waals surface area contributed by atoms with Crippen LogP contribution in [-0.2, 0) is 11.2 Å². The Balaban J connectivity index is 2.57. The minimum Gasteiger partial charge on any atom is -0.359 e. The lowest BCUT2D eigenvalue weighted by atomic mass is 9.93. The Hall–Kier alpha value is -1.63. The van der Waals surface area contributed by atoms with E-state index in [0.717, 1.165) is 36.2 Å². The number of aliphatic imine (C=N–C) groups is 1. The summed E-state index contributed by atoms with van der Waals surface area (Å²) in [5.74, 6) is 0.723. The second kappa shape index (κ2) is 8.86. The largest absolute Gasteiger partial charge is 0.359 e. The van der Waals surface area contributed by atoms with Crippen molar-refractivity contribution in [3.05, 3.63) is 15.6 Å². The fourth-order valence-electron chi connectivity index (χ4n) is 1.96. The summed E-state index contributed by atoms with van der Waals surface area (Å²) in [6.45, 7) is 11.9. The van der Waals surface area contributed by atoms with E-state index in [0.29, 0.717) is 6.54 Å². The normalized spacial score (nSPS) is 12.2. The third kappa shape index (κ3) is 6.17. The van der Waals surface area contributed by atoms with Gasteiger partial charge in [-0.15, -0.1) is 11.3 Å². The Labute approximate surface area is 143 Å². The van der Waals surface area contributed by atoms with Gasteiger partial charge in [-0.1, -0.05) is 0 Å². The number of nitrogens with one attached hydrogen (secondary N) is 3. The molecule has 0 spiro atoms. The average Bonchev–Trinajstić information content (AvgIpc) is 2.82. The van der Waals surface area contributed by atoms with E-state index in [2.05, 4.69) is 32.9 Å². The van der Waals surface area contributed by atoms with Gasteiger partial charge in [0.25, 0.3) is 0 Å². The maximum atomic E-state index is 11.8. The number of aryl methyl sites for hydroxylation is 2. The fourth-order valence-corrected chi connectivity index (χ4v) is 2.90. The molecule has 0 aliphatic heterocycles. The van der Waals surface area contributed by atoms with Gasteiger partial charge in [-0.05, 0) is 34.6 Å². The van der Waals surface area contributed by atoms with Crippen molar-refractivity contribution in [2.45, 2.75) is 41.0 Å². The molecule has 7 heteroatoms. The molecular formula is C16H29N5OS. The predicted octanol–water partition coefficient (Wildman–Crippen LogP) is 1.63. The van der Waals surface area contributed by atoms with Gasteiger partial charge < -0.3 is 16.0 Å². The Bertz CT molecular complexity index is 531. The van der Waals surface area contributed by atoms with Crippen LogP contribution in [0.4, 0.5) is 0 Å². The number of aromatic nitrogens is 1. The standard InChI is InChI=1S/C16H29N5OS/c1-7-18-15(20-10-16(4,5)14(22)17-6)19-9-8-13-21-11(2)12(3)23-13/h7-10H2,1-6H3,(H,17,22)(H2,18,19,20). The molecule has 3 N–H and O–H groups in total. The van der Waals surface area contributed by atoms with Crippen molar-refractivity contribution < 1.29 is 4.79 Å². The van der Waals surface area contributed by atoms with Gasteiger partial charge in [0.05, 0.1) is 22.7 Å². The van der Waals surface area contributed by atoms with Crippen LogP contribution in [0.5, 0.6) is 0 Å². The first-order valence-corrected chi connectivity index (χ1v) is 8.79. The molecular weight excluding hydrogens is 310 g/mol. The van der Waals surface area contributed by atoms with Gasteiger partial charge in [-0.2, -0.15) is 0 Å². The summed E-state index contributed by atoms with van der Waals surface area (Å²) in [6.07, 6.45) is 0.864. The number of rotatable bonds is 7. The van der Waals surface area contributed by atoms with Crippen molar-refractivity contribution in [3.63, 3.8) is 0 Å². The van der Waals surface area contributed by atoms with Crippen molar-refractivity contribution in [1.29, 1.82) is 0 Å². The van der Waals surface area contributed by atoms with Crippen LogP contribution in [0.3, 0.4) is 0 Å². The molecule has 0 aliphatic carbocycles. The molecule has 0 fully saturated rings. The number of guanidine groups is 1. The van der Waals surface area contributed by atoms with E-state index in [4.69, 9.17) is 0 Å². The topological polar surface area (TPSA) is 78.4 Å². The monoisotopic (exact) mass is 339 g/mol. The molecule has 0 saturated carbocycles. The summed E-state index contributed by atoms with van der Waals surface area (Å²) in [5.41, 5.74) is 0.582. The SMILES string of the molecule is CCNC(=NCC(C)(C)C(=O)NC)NCCc1nc(C)c(C)s1. The summed E-state index contributed by atoms with van der Waals surface area (Å²) in [6, 6.07) is 0. The molecule has 1 aromatic heterocycles. The molecule has 130 valence electrons. The molecule has 0 radical (unpaired) electrons. The summed E-state index contributed by atoms with van der Waals surface area (Å²) < 4.78 is 0. The number of amides is 1. The highest BCUT2D eigenvalue weighted by Gasteiger charge is 2.26. The van der Waals surface area contributed by atoms with Gasteiger partial charge in [0.2, 0.25) is 5.91 Å². The average molecular weight is 340 g/mol. The van der Waals surface area contributed by atoms with Crippen LogP contribution in [0.15, 0.2) is 4.99 Å². The number of hydrogen-bond acceptors (Lipinski definition) is 4. The molecule has 0 saturated heterocycles. The number of carbonyl (C=O) groups is 1. The van der Waals surface area contributed by atoms with Crippen molar-refractivity contribution >= 4 is 23.2 Å². The maximum absolute atomic E-state index is 11.8. The van der Waals surface area contributed by atoms with Crippen molar-refractivity contribution in [1.82, 2.24) is 20.9 Å². The zero-order chi connectivity index (χ0) is 17.5. The lowest BCUT2D eigenvalue weighted by Gasteiger charge is -2.21. The number of carbonyl (C=O) groups excluding carboxylic acids is 1. The molecule has 1 rings (SSSR count). The molecule has 6 nitrogen and oxygen atoms in total. The van der Waals surface area contributed by atoms with E-state index in [1.165, 1.54) is 4.88 Å². The molecule has 0 atom stereocenters. The summed E-state index contributed by atoms with van der Waals surface area (Å²) in [7, 11) is 1.65. The van der Waals surface area contributed by atoms with Gasteiger partial charge in [-0.25, -0.2) is 4.98 Å². The number of hydrogen-bond donors (Lipinski definition) is 3. The molecule has 0 unspecified atom stereocenters. The second-order valence-electron chi connectivity index (χ2n) is 6.08. The predicted molar refractivity (Wildman–Crippen MR) is 97.1 cm³/mol. The van der Waals surface area contributed by atoms with Crippen LogP contribution in [-0.4, -0.2) is 43.5 Å². The van der Waals surface area contributed by atoms with Crippen LogP contribution >= 0.6 is 11.3 Å². The van der Waals surface area contributed by atoms with Crippen molar-refractivity contribution in [2.75, 3.05) is 26.7 Å². The lowest BCUT2D eigenvalue weighted by Crippen LogP contribution is -2.41. The number of thiazole rings is 1. The molecule has 0 aliphatic rings. The third-order valence-electron chi connectivity index (χ3n) is 3.52. The van der Waals surface area contributed by atoms with Crippen LogP contribution in [0.25, 0.3) is 0 Å². The molecule has 23 heavy (non-hydrogen) atoms. The van der Waals surface area contributed by atoms with Crippen LogP contribution in [0.1, 0.15) is 36.3 Å². The highest BCUT2D eigenvalue weighted by Crippen LogP contribution is 2.16. The van der Waals surface area contributed by atoms with Crippen LogP contribution < -0.4 is 16.0 Å². The van der Waals surface area contributed by atoms with E-state index in [1.54, 1.807) is 18.4 Å². The zero-order valence-corrected chi connectivity index (χ0v) is 15.9. The van der Waals surface area contributed by atoms with E-state index < -0.39 is 5.41 Å². The quantitative estimate of drug-likeness (QED) is 0.521. The Morgan fingerprint density at radius 3 is 2.52 bits per heavy atom. The van der Waals surface area contributed by atoms with Crippen LogP contribution in [0.2, 0.25) is 0 Å². The molecule has 0 aromatic carbocycles. The van der Waals surface area contributed by atoms with Gasteiger partial charge >= 0.3 is 0 Å². The molecule has 1 heterocycles. The van der Waals surface area contributed by atoms with Gasteiger partial charge in [0, 0.05) is 31.4 Å². The molecule has 0 bridgehead atoms. The van der Waals surface area contributed by atoms with E-state index in [-0.39, 0.29) is 5.91 Å². The van der Waals surface area contributed by atoms with Crippen LogP contribution in [0, 0.1) is 19.3 Å². The Morgan fingerprint density at radius 2 is 2.00 bits per heavy atom. The maximum Gasteiger partial charge on any atom is 0.227 e. The van der Waals surface area contributed by atoms with E-state index in [9.17, 15) is 4.79 Å². The van der Waals surface area contributed by atoms with E-state index in [1.807, 2.05) is 27.7 Å². The molecule has 1 amide bonds. The first-order valence-electron chi connectivity index (χ1n) is 7.97. The highest BCUT2D eigenvalue weighted by atomic mass is 32.1. The van der Waals surface area contributed by atoms with E-state index >= 15 is 0 Å². The minimum absolute atomic E-state index is 0.00849. The van der Waals surface area contributed by atoms with Crippen molar-refractivity contribution in [3.8, 4) is 0 Å². The Morgan fingerprint density at radius 1 is 1.30 bits per heavy atom. The Kier molecular flexibility index (Phi) is 7.48. The fraction of sp³-hybridized carbons (Fsp3) is 0.688. The minimum atomic E-state index is -0.527. The number of nitrogens with zero attached hydrogens (tertiary/aromatic N) is 2. The molecule has 1 aromatic rings. The second-order valence-corrected chi connectivity index (χ2v) is 7.37. The van der Waals surface area contributed by atoms with Gasteiger partial charge in [0.15, 0.2) is 5.96 Å². The van der Waals surface area contributed by atoms with Gasteiger partial charge in [-0.3, -0.25) is 9.79 Å². The summed E-state index contributed by atoms with van der Waals surface area (Å²) >= 11 is 1.74. The first kappa shape index (κ1) is 19.4.